The molecule has 5 heteroatoms. The minimum atomic E-state index is -0.300. The van der Waals surface area contributed by atoms with Crippen LogP contribution in [0, 0.1) is 5.92 Å². The normalized spacial score (nSPS) is 13.8. The molecule has 0 saturated heterocycles. The maximum Gasteiger partial charge on any atom is 0.227 e. The highest BCUT2D eigenvalue weighted by Gasteiger charge is 2.28. The van der Waals surface area contributed by atoms with Gasteiger partial charge in [0.2, 0.25) is 5.91 Å². The van der Waals surface area contributed by atoms with Crippen LogP contribution in [0.5, 0.6) is 5.75 Å². The minimum absolute atomic E-state index is 0. The number of ether oxygens (including phenoxy) is 1. The highest BCUT2D eigenvalue weighted by Crippen LogP contribution is 2.23. The number of carbonyl (C=O) groups excluding carboxylic acids is 1. The Hall–Kier alpha value is -2.04. The molecule has 2 aromatic rings. The molecule has 27 heavy (non-hydrogen) atoms. The van der Waals surface area contributed by atoms with E-state index in [1.165, 1.54) is 5.56 Å². The Kier molecular flexibility index (Phi) is 9.33. The molecule has 0 aliphatic carbocycles. The van der Waals surface area contributed by atoms with Gasteiger partial charge in [0.25, 0.3) is 0 Å². The predicted molar refractivity (Wildman–Crippen MR) is 113 cm³/mol. The number of rotatable bonds is 8. The van der Waals surface area contributed by atoms with Gasteiger partial charge < -0.3 is 15.4 Å². The SMILES string of the molecule is CCN(C(=O)C(C)C(N)c1ccccc1)C(C)Cc1ccc(OC)cc1.Cl. The second kappa shape index (κ2) is 11.0. The van der Waals surface area contributed by atoms with Crippen molar-refractivity contribution in [2.75, 3.05) is 13.7 Å². The first kappa shape index (κ1) is 23.0. The van der Waals surface area contributed by atoms with Crippen LogP contribution in [0.3, 0.4) is 0 Å². The third kappa shape index (κ3) is 5.98. The quantitative estimate of drug-likeness (QED) is 0.733. The van der Waals surface area contributed by atoms with Gasteiger partial charge in [0.05, 0.1) is 13.0 Å². The van der Waals surface area contributed by atoms with Gasteiger partial charge in [-0.05, 0) is 43.5 Å². The van der Waals surface area contributed by atoms with E-state index < -0.39 is 0 Å². The average Bonchev–Trinajstić information content (AvgIpc) is 2.68. The van der Waals surface area contributed by atoms with Crippen LogP contribution >= 0.6 is 12.4 Å². The Labute approximate surface area is 169 Å². The summed E-state index contributed by atoms with van der Waals surface area (Å²) in [5, 5.41) is 0. The molecule has 0 aliphatic heterocycles. The lowest BCUT2D eigenvalue weighted by atomic mass is 9.93. The average molecular weight is 391 g/mol. The fraction of sp³-hybridized carbons (Fsp3) is 0.409. The van der Waals surface area contributed by atoms with E-state index in [0.717, 1.165) is 17.7 Å². The molecule has 1 amide bonds. The molecule has 0 bridgehead atoms. The zero-order valence-electron chi connectivity index (χ0n) is 16.6. The molecule has 2 rings (SSSR count). The molecular weight excluding hydrogens is 360 g/mol. The lowest BCUT2D eigenvalue weighted by Crippen LogP contribution is -2.45. The summed E-state index contributed by atoms with van der Waals surface area (Å²) in [7, 11) is 1.66. The second-order valence-electron chi connectivity index (χ2n) is 6.75. The fourth-order valence-corrected chi connectivity index (χ4v) is 3.28. The van der Waals surface area contributed by atoms with E-state index in [1.54, 1.807) is 7.11 Å². The van der Waals surface area contributed by atoms with E-state index >= 15 is 0 Å². The van der Waals surface area contributed by atoms with Gasteiger partial charge in [0.1, 0.15) is 5.75 Å². The van der Waals surface area contributed by atoms with Crippen LogP contribution in [0.15, 0.2) is 54.6 Å². The monoisotopic (exact) mass is 390 g/mol. The maximum atomic E-state index is 13.0. The van der Waals surface area contributed by atoms with E-state index in [0.29, 0.717) is 6.54 Å². The molecule has 0 aliphatic rings. The maximum absolute atomic E-state index is 13.0. The number of hydrogen-bond donors (Lipinski definition) is 1. The Morgan fingerprint density at radius 2 is 1.67 bits per heavy atom. The second-order valence-corrected chi connectivity index (χ2v) is 6.75. The molecule has 0 heterocycles. The van der Waals surface area contributed by atoms with Crippen LogP contribution in [0.1, 0.15) is 37.9 Å². The van der Waals surface area contributed by atoms with Crippen LogP contribution in [0.2, 0.25) is 0 Å². The summed E-state index contributed by atoms with van der Waals surface area (Å²) >= 11 is 0. The summed E-state index contributed by atoms with van der Waals surface area (Å²) in [6.07, 6.45) is 0.802. The standard InChI is InChI=1S/C22H30N2O2.ClH/c1-5-24(16(2)15-18-11-13-20(26-4)14-12-18)22(25)17(3)21(23)19-9-7-6-8-10-19;/h6-14,16-17,21H,5,15,23H2,1-4H3;1H. The summed E-state index contributed by atoms with van der Waals surface area (Å²) in [6.45, 7) is 6.69. The molecule has 3 unspecified atom stereocenters. The van der Waals surface area contributed by atoms with Gasteiger partial charge in [-0.2, -0.15) is 0 Å². The number of halogens is 1. The van der Waals surface area contributed by atoms with Crippen molar-refractivity contribution in [3.8, 4) is 5.75 Å². The molecule has 148 valence electrons. The van der Waals surface area contributed by atoms with Crippen molar-refractivity contribution in [3.05, 3.63) is 65.7 Å². The number of carbonyl (C=O) groups is 1. The van der Waals surface area contributed by atoms with Gasteiger partial charge in [-0.15, -0.1) is 12.4 Å². The Balaban J connectivity index is 0.00000364. The van der Waals surface area contributed by atoms with Gasteiger partial charge in [-0.1, -0.05) is 49.4 Å². The van der Waals surface area contributed by atoms with Gasteiger partial charge in [0, 0.05) is 18.6 Å². The molecule has 0 aromatic heterocycles. The van der Waals surface area contributed by atoms with E-state index in [2.05, 4.69) is 6.92 Å². The number of nitrogens with zero attached hydrogens (tertiary/aromatic N) is 1. The van der Waals surface area contributed by atoms with Gasteiger partial charge in [-0.3, -0.25) is 4.79 Å². The van der Waals surface area contributed by atoms with E-state index in [-0.39, 0.29) is 36.3 Å². The van der Waals surface area contributed by atoms with Crippen LogP contribution in [0.25, 0.3) is 0 Å². The van der Waals surface area contributed by atoms with Crippen molar-refractivity contribution in [3.63, 3.8) is 0 Å². The Morgan fingerprint density at radius 1 is 1.07 bits per heavy atom. The highest BCUT2D eigenvalue weighted by molar-refractivity contribution is 5.85. The van der Waals surface area contributed by atoms with Crippen LogP contribution in [-0.2, 0) is 11.2 Å². The number of hydrogen-bond acceptors (Lipinski definition) is 3. The fourth-order valence-electron chi connectivity index (χ4n) is 3.28. The van der Waals surface area contributed by atoms with Crippen LogP contribution in [0.4, 0.5) is 0 Å². The van der Waals surface area contributed by atoms with Crippen molar-refractivity contribution in [2.24, 2.45) is 11.7 Å². The van der Waals surface area contributed by atoms with E-state index in [9.17, 15) is 4.79 Å². The van der Waals surface area contributed by atoms with Crippen molar-refractivity contribution in [2.45, 2.75) is 39.3 Å². The van der Waals surface area contributed by atoms with Crippen LogP contribution in [-0.4, -0.2) is 30.5 Å². The lowest BCUT2D eigenvalue weighted by Gasteiger charge is -2.32. The van der Waals surface area contributed by atoms with Gasteiger partial charge >= 0.3 is 0 Å². The first-order chi connectivity index (χ1) is 12.5. The van der Waals surface area contributed by atoms with Crippen molar-refractivity contribution in [1.82, 2.24) is 4.90 Å². The first-order valence-corrected chi connectivity index (χ1v) is 9.21. The molecule has 0 spiro atoms. The first-order valence-electron chi connectivity index (χ1n) is 9.21. The van der Waals surface area contributed by atoms with E-state index in [4.69, 9.17) is 10.5 Å². The molecule has 0 fully saturated rings. The minimum Gasteiger partial charge on any atom is -0.497 e. The molecule has 4 nitrogen and oxygen atoms in total. The summed E-state index contributed by atoms with van der Waals surface area (Å²) in [5.74, 6) is 0.674. The largest absolute Gasteiger partial charge is 0.497 e. The molecule has 2 aromatic carbocycles. The van der Waals surface area contributed by atoms with Crippen LogP contribution < -0.4 is 10.5 Å². The third-order valence-corrected chi connectivity index (χ3v) is 4.96. The lowest BCUT2D eigenvalue weighted by molar-refractivity contribution is -0.137. The summed E-state index contributed by atoms with van der Waals surface area (Å²) in [5.41, 5.74) is 8.53. The number of methoxy groups -OCH3 is 1. The number of likely N-dealkylation sites (N-methyl/N-ethyl adjacent to an activating group) is 1. The van der Waals surface area contributed by atoms with Crippen molar-refractivity contribution in [1.29, 1.82) is 0 Å². The smallest absolute Gasteiger partial charge is 0.227 e. The predicted octanol–water partition coefficient (Wildman–Crippen LogP) is 4.23. The molecule has 0 saturated carbocycles. The Bertz CT molecular complexity index is 691. The van der Waals surface area contributed by atoms with E-state index in [1.807, 2.05) is 73.3 Å². The summed E-state index contributed by atoms with van der Waals surface area (Å²) in [4.78, 5) is 15.0. The molecule has 3 atom stereocenters. The van der Waals surface area contributed by atoms with Gasteiger partial charge in [0.15, 0.2) is 0 Å². The number of benzene rings is 2. The molecule has 0 radical (unpaired) electrons. The molecular formula is C22H31ClN2O2. The van der Waals surface area contributed by atoms with Crippen molar-refractivity contribution < 1.29 is 9.53 Å². The Morgan fingerprint density at radius 3 is 2.19 bits per heavy atom. The topological polar surface area (TPSA) is 55.6 Å². The highest BCUT2D eigenvalue weighted by atomic mass is 35.5. The number of amides is 1. The third-order valence-electron chi connectivity index (χ3n) is 4.96. The zero-order chi connectivity index (χ0) is 19.1. The summed E-state index contributed by atoms with van der Waals surface area (Å²) < 4.78 is 5.20. The molecule has 2 N–H and O–H groups in total. The van der Waals surface area contributed by atoms with Gasteiger partial charge in [-0.25, -0.2) is 0 Å². The van der Waals surface area contributed by atoms with Crippen molar-refractivity contribution >= 4 is 18.3 Å². The summed E-state index contributed by atoms with van der Waals surface area (Å²) in [6, 6.07) is 17.6. The zero-order valence-corrected chi connectivity index (χ0v) is 17.4. The number of nitrogens with two attached hydrogens (primary N) is 1.